The van der Waals surface area contributed by atoms with Crippen molar-refractivity contribution in [3.8, 4) is 0 Å². The Labute approximate surface area is 139 Å². The van der Waals surface area contributed by atoms with Crippen molar-refractivity contribution in [3.05, 3.63) is 40.4 Å². The molecule has 0 atom stereocenters. The van der Waals surface area contributed by atoms with Crippen LogP contribution in [0.2, 0.25) is 5.02 Å². The van der Waals surface area contributed by atoms with Gasteiger partial charge in [0.05, 0.1) is 5.54 Å². The van der Waals surface area contributed by atoms with Crippen molar-refractivity contribution in [3.63, 3.8) is 0 Å². The van der Waals surface area contributed by atoms with Gasteiger partial charge in [0.1, 0.15) is 0 Å². The molecule has 112 valence electrons. The number of likely N-dealkylation sites (N-methyl/N-ethyl adjacent to an activating group) is 1. The first-order valence-electron chi connectivity index (χ1n) is 7.44. The first-order valence-corrected chi connectivity index (χ1v) is 8.94. The van der Waals surface area contributed by atoms with Crippen LogP contribution in [0.1, 0.15) is 37.7 Å². The Morgan fingerprint density at radius 3 is 2.38 bits per heavy atom. The van der Waals surface area contributed by atoms with Crippen LogP contribution >= 0.6 is 27.5 Å². The van der Waals surface area contributed by atoms with Crippen LogP contribution in [0.15, 0.2) is 29.8 Å². The molecule has 1 saturated carbocycles. The highest BCUT2D eigenvalue weighted by molar-refractivity contribution is 9.09. The number of carbonyl (C=O) groups excluding carboxylic acids is 1. The topological polar surface area (TPSA) is 20.3 Å². The monoisotopic (exact) mass is 367 g/mol. The van der Waals surface area contributed by atoms with E-state index in [1.807, 2.05) is 36.2 Å². The van der Waals surface area contributed by atoms with Crippen LogP contribution in [0.4, 0.5) is 0 Å². The summed E-state index contributed by atoms with van der Waals surface area (Å²) in [5.41, 5.74) is 3.02. The lowest BCUT2D eigenvalue weighted by atomic mass is 9.76. The fourth-order valence-electron chi connectivity index (χ4n) is 3.81. The van der Waals surface area contributed by atoms with E-state index in [4.69, 9.17) is 11.6 Å². The predicted octanol–water partition coefficient (Wildman–Crippen LogP) is 4.66. The second-order valence-corrected chi connectivity index (χ2v) is 6.95. The van der Waals surface area contributed by atoms with Crippen molar-refractivity contribution in [1.82, 2.24) is 4.90 Å². The van der Waals surface area contributed by atoms with Crippen molar-refractivity contribution in [1.29, 1.82) is 0 Å². The molecule has 4 heteroatoms. The van der Waals surface area contributed by atoms with E-state index in [1.54, 1.807) is 0 Å². The van der Waals surface area contributed by atoms with E-state index >= 15 is 0 Å². The Kier molecular flexibility index (Phi) is 4.15. The van der Waals surface area contributed by atoms with Crippen LogP contribution in [-0.4, -0.2) is 28.7 Å². The van der Waals surface area contributed by atoms with Crippen molar-refractivity contribution in [2.24, 2.45) is 0 Å². The normalized spacial score (nSPS) is 21.5. The SMILES string of the molecule is CN1C(=O)C(c2ccc(Cl)cc2)=C(CBr)C12CCCCC2. The first-order chi connectivity index (χ1) is 10.1. The molecule has 0 unspecified atom stereocenters. The molecule has 2 aliphatic rings. The Balaban J connectivity index is 2.13. The zero-order valence-corrected chi connectivity index (χ0v) is 14.5. The van der Waals surface area contributed by atoms with Crippen LogP contribution in [-0.2, 0) is 4.79 Å². The molecule has 0 bridgehead atoms. The number of hydrogen-bond donors (Lipinski definition) is 0. The van der Waals surface area contributed by atoms with E-state index in [9.17, 15) is 4.79 Å². The summed E-state index contributed by atoms with van der Waals surface area (Å²) in [6.45, 7) is 0. The molecule has 1 heterocycles. The molecule has 1 fully saturated rings. The Bertz CT molecular complexity index is 587. The molecule has 1 aromatic carbocycles. The average molecular weight is 369 g/mol. The molecule has 1 spiro atoms. The molecule has 0 radical (unpaired) electrons. The quantitative estimate of drug-likeness (QED) is 0.695. The maximum atomic E-state index is 12.8. The number of halogens is 2. The highest BCUT2D eigenvalue weighted by Crippen LogP contribution is 2.48. The molecular formula is C17H19BrClNO. The Morgan fingerprint density at radius 1 is 1.19 bits per heavy atom. The largest absolute Gasteiger partial charge is 0.332 e. The van der Waals surface area contributed by atoms with Gasteiger partial charge in [0.25, 0.3) is 5.91 Å². The molecule has 1 aliphatic heterocycles. The van der Waals surface area contributed by atoms with Crippen LogP contribution in [0.5, 0.6) is 0 Å². The summed E-state index contributed by atoms with van der Waals surface area (Å²) >= 11 is 9.61. The summed E-state index contributed by atoms with van der Waals surface area (Å²) in [4.78, 5) is 14.8. The molecule has 0 aromatic heterocycles. The van der Waals surface area contributed by atoms with Crippen molar-refractivity contribution in [2.75, 3.05) is 12.4 Å². The van der Waals surface area contributed by atoms with Gasteiger partial charge in [-0.1, -0.05) is 58.9 Å². The third-order valence-corrected chi connectivity index (χ3v) is 5.78. The molecule has 0 N–H and O–H groups in total. The Hall–Kier alpha value is -0.800. The molecule has 21 heavy (non-hydrogen) atoms. The third kappa shape index (κ3) is 2.35. The van der Waals surface area contributed by atoms with E-state index in [-0.39, 0.29) is 11.4 Å². The highest BCUT2D eigenvalue weighted by atomic mass is 79.9. The minimum absolute atomic E-state index is 0.0756. The van der Waals surface area contributed by atoms with Gasteiger partial charge in [-0.3, -0.25) is 4.79 Å². The number of nitrogens with zero attached hydrogens (tertiary/aromatic N) is 1. The zero-order valence-electron chi connectivity index (χ0n) is 12.2. The molecule has 1 aromatic rings. The standard InChI is InChI=1S/C17H19BrClNO/c1-20-16(21)15(12-5-7-13(19)8-6-12)14(11-18)17(20)9-3-2-4-10-17/h5-8H,2-4,9-11H2,1H3. The summed E-state index contributed by atoms with van der Waals surface area (Å²) < 4.78 is 0. The van der Waals surface area contributed by atoms with E-state index < -0.39 is 0 Å². The average Bonchev–Trinajstić information content (AvgIpc) is 2.71. The summed E-state index contributed by atoms with van der Waals surface area (Å²) in [5.74, 6) is 0.147. The molecule has 0 saturated heterocycles. The third-order valence-electron chi connectivity index (χ3n) is 4.97. The lowest BCUT2D eigenvalue weighted by Crippen LogP contribution is -2.47. The molecule has 1 amide bonds. The molecular weight excluding hydrogens is 350 g/mol. The summed E-state index contributed by atoms with van der Waals surface area (Å²) in [6, 6.07) is 7.62. The molecule has 1 aliphatic carbocycles. The van der Waals surface area contributed by atoms with E-state index in [0.717, 1.165) is 29.3 Å². The van der Waals surface area contributed by atoms with Crippen LogP contribution in [0.25, 0.3) is 5.57 Å². The van der Waals surface area contributed by atoms with E-state index in [2.05, 4.69) is 15.9 Å². The maximum Gasteiger partial charge on any atom is 0.254 e. The summed E-state index contributed by atoms with van der Waals surface area (Å²) in [7, 11) is 1.96. The van der Waals surface area contributed by atoms with Crippen molar-refractivity contribution >= 4 is 39.0 Å². The molecule has 3 rings (SSSR count). The van der Waals surface area contributed by atoms with Gasteiger partial charge in [-0.25, -0.2) is 0 Å². The van der Waals surface area contributed by atoms with Gasteiger partial charge in [0.2, 0.25) is 0 Å². The second kappa shape index (κ2) is 5.77. The van der Waals surface area contributed by atoms with Crippen LogP contribution in [0.3, 0.4) is 0 Å². The van der Waals surface area contributed by atoms with Crippen molar-refractivity contribution in [2.45, 2.75) is 37.6 Å². The number of carbonyl (C=O) groups is 1. The van der Waals surface area contributed by atoms with E-state index in [0.29, 0.717) is 5.02 Å². The van der Waals surface area contributed by atoms with Gasteiger partial charge in [0.15, 0.2) is 0 Å². The number of amides is 1. The number of alkyl halides is 1. The van der Waals surface area contributed by atoms with Gasteiger partial charge in [0, 0.05) is 23.0 Å². The van der Waals surface area contributed by atoms with Gasteiger partial charge in [-0.05, 0) is 36.1 Å². The first kappa shape index (κ1) is 15.1. The van der Waals surface area contributed by atoms with Crippen LogP contribution < -0.4 is 0 Å². The fraction of sp³-hybridized carbons (Fsp3) is 0.471. The van der Waals surface area contributed by atoms with Crippen LogP contribution in [0, 0.1) is 0 Å². The van der Waals surface area contributed by atoms with Crippen molar-refractivity contribution < 1.29 is 4.79 Å². The van der Waals surface area contributed by atoms with Gasteiger partial charge in [-0.2, -0.15) is 0 Å². The minimum Gasteiger partial charge on any atom is -0.332 e. The lowest BCUT2D eigenvalue weighted by molar-refractivity contribution is -0.127. The van der Waals surface area contributed by atoms with Gasteiger partial charge in [-0.15, -0.1) is 0 Å². The fourth-order valence-corrected chi connectivity index (χ4v) is 4.73. The smallest absolute Gasteiger partial charge is 0.254 e. The van der Waals surface area contributed by atoms with Gasteiger partial charge >= 0.3 is 0 Å². The van der Waals surface area contributed by atoms with Gasteiger partial charge < -0.3 is 4.90 Å². The molecule has 2 nitrogen and oxygen atoms in total. The van der Waals surface area contributed by atoms with E-state index in [1.165, 1.54) is 24.8 Å². The zero-order chi connectivity index (χ0) is 15.0. The second-order valence-electron chi connectivity index (χ2n) is 5.95. The number of hydrogen-bond acceptors (Lipinski definition) is 1. The Morgan fingerprint density at radius 2 is 1.81 bits per heavy atom. The predicted molar refractivity (Wildman–Crippen MR) is 90.8 cm³/mol. The summed E-state index contributed by atoms with van der Waals surface area (Å²) in [6.07, 6.45) is 5.82. The number of benzene rings is 1. The maximum absolute atomic E-state index is 12.8. The highest BCUT2D eigenvalue weighted by Gasteiger charge is 2.49. The number of rotatable bonds is 2. The lowest BCUT2D eigenvalue weighted by Gasteiger charge is -2.41. The minimum atomic E-state index is -0.0756. The summed E-state index contributed by atoms with van der Waals surface area (Å²) in [5, 5.41) is 1.45.